The number of rotatable bonds is 6. The third-order valence-corrected chi connectivity index (χ3v) is 3.86. The van der Waals surface area contributed by atoms with Crippen molar-refractivity contribution in [2.75, 3.05) is 11.9 Å². The van der Waals surface area contributed by atoms with Gasteiger partial charge in [0.15, 0.2) is 0 Å². The number of pyridine rings is 1. The molecule has 0 saturated heterocycles. The van der Waals surface area contributed by atoms with Crippen LogP contribution in [-0.4, -0.2) is 17.4 Å². The number of nitrogens with zero attached hydrogens (tertiary/aromatic N) is 1. The first kappa shape index (κ1) is 14.8. The Balaban J connectivity index is 1.94. The van der Waals surface area contributed by atoms with E-state index in [9.17, 15) is 4.79 Å². The molecule has 0 radical (unpaired) electrons. The van der Waals surface area contributed by atoms with Crippen LogP contribution in [0.15, 0.2) is 30.5 Å². The van der Waals surface area contributed by atoms with Gasteiger partial charge in [-0.2, -0.15) is 0 Å². The standard InChI is InChI=1S/C14H16ClN3OS/c1-2-6-16-13-8-10(5-7-17-13)14(19)18-9-11-3-4-12(15)20-11/h3-5,7-8H,2,6,9H2,1H3,(H,16,17)(H,18,19). The van der Waals surface area contributed by atoms with E-state index in [4.69, 9.17) is 11.6 Å². The average molecular weight is 310 g/mol. The van der Waals surface area contributed by atoms with Crippen molar-refractivity contribution in [3.8, 4) is 0 Å². The lowest BCUT2D eigenvalue weighted by Gasteiger charge is -2.07. The second-order valence-electron chi connectivity index (χ2n) is 4.25. The zero-order valence-corrected chi connectivity index (χ0v) is 12.7. The second-order valence-corrected chi connectivity index (χ2v) is 6.04. The molecule has 0 fully saturated rings. The van der Waals surface area contributed by atoms with Gasteiger partial charge in [-0.25, -0.2) is 4.98 Å². The molecule has 2 aromatic heterocycles. The Morgan fingerprint density at radius 2 is 2.25 bits per heavy atom. The van der Waals surface area contributed by atoms with Crippen molar-refractivity contribution in [1.82, 2.24) is 10.3 Å². The van der Waals surface area contributed by atoms with Crippen LogP contribution in [0.3, 0.4) is 0 Å². The zero-order valence-electron chi connectivity index (χ0n) is 11.1. The summed E-state index contributed by atoms with van der Waals surface area (Å²) in [6.07, 6.45) is 2.64. The first-order chi connectivity index (χ1) is 9.69. The molecule has 0 spiro atoms. The maximum Gasteiger partial charge on any atom is 0.251 e. The Morgan fingerprint density at radius 1 is 1.40 bits per heavy atom. The van der Waals surface area contributed by atoms with E-state index in [-0.39, 0.29) is 5.91 Å². The highest BCUT2D eigenvalue weighted by molar-refractivity contribution is 7.16. The van der Waals surface area contributed by atoms with E-state index in [1.165, 1.54) is 11.3 Å². The number of carbonyl (C=O) groups is 1. The van der Waals surface area contributed by atoms with Gasteiger partial charge >= 0.3 is 0 Å². The zero-order chi connectivity index (χ0) is 14.4. The summed E-state index contributed by atoms with van der Waals surface area (Å²) in [5.41, 5.74) is 0.598. The Bertz CT molecular complexity index is 585. The average Bonchev–Trinajstić information content (AvgIpc) is 2.88. The van der Waals surface area contributed by atoms with Gasteiger partial charge in [0.2, 0.25) is 0 Å². The number of hydrogen-bond donors (Lipinski definition) is 2. The maximum atomic E-state index is 12.1. The van der Waals surface area contributed by atoms with Gasteiger partial charge in [0.1, 0.15) is 5.82 Å². The van der Waals surface area contributed by atoms with Gasteiger partial charge in [0.05, 0.1) is 10.9 Å². The smallest absolute Gasteiger partial charge is 0.251 e. The normalized spacial score (nSPS) is 10.3. The summed E-state index contributed by atoms with van der Waals surface area (Å²) in [6.45, 7) is 3.40. The Morgan fingerprint density at radius 3 is 2.95 bits per heavy atom. The molecule has 0 bridgehead atoms. The molecule has 0 atom stereocenters. The molecular formula is C14H16ClN3OS. The number of carbonyl (C=O) groups excluding carboxylic acids is 1. The number of anilines is 1. The highest BCUT2D eigenvalue weighted by atomic mass is 35.5. The number of nitrogens with one attached hydrogen (secondary N) is 2. The van der Waals surface area contributed by atoms with Crippen molar-refractivity contribution in [2.45, 2.75) is 19.9 Å². The lowest BCUT2D eigenvalue weighted by atomic mass is 10.2. The van der Waals surface area contributed by atoms with E-state index in [0.29, 0.717) is 12.1 Å². The number of halogens is 1. The van der Waals surface area contributed by atoms with E-state index in [0.717, 1.165) is 28.0 Å². The maximum absolute atomic E-state index is 12.1. The van der Waals surface area contributed by atoms with Gasteiger partial charge in [-0.15, -0.1) is 11.3 Å². The first-order valence-electron chi connectivity index (χ1n) is 6.41. The van der Waals surface area contributed by atoms with Crippen molar-refractivity contribution in [2.24, 2.45) is 0 Å². The van der Waals surface area contributed by atoms with Crippen molar-refractivity contribution in [3.63, 3.8) is 0 Å². The molecule has 2 N–H and O–H groups in total. The number of aromatic nitrogens is 1. The van der Waals surface area contributed by atoms with Crippen molar-refractivity contribution >= 4 is 34.7 Å². The molecule has 2 heterocycles. The minimum Gasteiger partial charge on any atom is -0.370 e. The molecule has 0 aliphatic carbocycles. The molecule has 4 nitrogen and oxygen atoms in total. The predicted molar refractivity (Wildman–Crippen MR) is 83.5 cm³/mol. The molecule has 2 aromatic rings. The third kappa shape index (κ3) is 4.21. The van der Waals surface area contributed by atoms with Gasteiger partial charge in [-0.1, -0.05) is 18.5 Å². The van der Waals surface area contributed by atoms with Crippen molar-refractivity contribution in [3.05, 3.63) is 45.2 Å². The summed E-state index contributed by atoms with van der Waals surface area (Å²) in [7, 11) is 0. The fraction of sp³-hybridized carbons (Fsp3) is 0.286. The van der Waals surface area contributed by atoms with E-state index < -0.39 is 0 Å². The van der Waals surface area contributed by atoms with Gasteiger partial charge < -0.3 is 10.6 Å². The summed E-state index contributed by atoms with van der Waals surface area (Å²) >= 11 is 7.32. The molecule has 1 amide bonds. The highest BCUT2D eigenvalue weighted by Crippen LogP contribution is 2.21. The quantitative estimate of drug-likeness (QED) is 0.858. The van der Waals surface area contributed by atoms with Crippen molar-refractivity contribution in [1.29, 1.82) is 0 Å². The predicted octanol–water partition coefficient (Wildman–Crippen LogP) is 3.55. The molecular weight excluding hydrogens is 294 g/mol. The summed E-state index contributed by atoms with van der Waals surface area (Å²) < 4.78 is 0.726. The van der Waals surface area contributed by atoms with Crippen LogP contribution in [0.1, 0.15) is 28.6 Å². The molecule has 20 heavy (non-hydrogen) atoms. The number of hydrogen-bond acceptors (Lipinski definition) is 4. The van der Waals surface area contributed by atoms with Gasteiger partial charge in [-0.05, 0) is 30.7 Å². The molecule has 0 saturated carbocycles. The SMILES string of the molecule is CCCNc1cc(C(=O)NCc2ccc(Cl)s2)ccn1. The second kappa shape index (κ2) is 7.26. The van der Waals surface area contributed by atoms with E-state index in [1.807, 2.05) is 12.1 Å². The van der Waals surface area contributed by atoms with Gasteiger partial charge in [0, 0.05) is 23.2 Å². The summed E-state index contributed by atoms with van der Waals surface area (Å²) in [5, 5.41) is 6.03. The van der Waals surface area contributed by atoms with Crippen LogP contribution in [0.25, 0.3) is 0 Å². The molecule has 0 aromatic carbocycles. The topological polar surface area (TPSA) is 54.0 Å². The van der Waals surface area contributed by atoms with Crippen molar-refractivity contribution < 1.29 is 4.79 Å². The van der Waals surface area contributed by atoms with Crippen LogP contribution in [0.4, 0.5) is 5.82 Å². The van der Waals surface area contributed by atoms with E-state index >= 15 is 0 Å². The lowest BCUT2D eigenvalue weighted by molar-refractivity contribution is 0.0951. The fourth-order valence-electron chi connectivity index (χ4n) is 1.64. The third-order valence-electron chi connectivity index (χ3n) is 2.63. The van der Waals surface area contributed by atoms with Crippen LogP contribution < -0.4 is 10.6 Å². The molecule has 106 valence electrons. The Hall–Kier alpha value is -1.59. The van der Waals surface area contributed by atoms with Gasteiger partial charge in [0.25, 0.3) is 5.91 Å². The largest absolute Gasteiger partial charge is 0.370 e. The van der Waals surface area contributed by atoms with Crippen LogP contribution in [0.5, 0.6) is 0 Å². The Labute approximate surface area is 127 Å². The minimum absolute atomic E-state index is 0.114. The molecule has 0 aliphatic heterocycles. The monoisotopic (exact) mass is 309 g/mol. The summed E-state index contributed by atoms with van der Waals surface area (Å²) in [6, 6.07) is 7.20. The van der Waals surface area contributed by atoms with Gasteiger partial charge in [-0.3, -0.25) is 4.79 Å². The molecule has 2 rings (SSSR count). The fourth-order valence-corrected chi connectivity index (χ4v) is 2.66. The van der Waals surface area contributed by atoms with Crippen LogP contribution >= 0.6 is 22.9 Å². The summed E-state index contributed by atoms with van der Waals surface area (Å²) in [5.74, 6) is 0.607. The van der Waals surface area contributed by atoms with E-state index in [1.54, 1.807) is 18.3 Å². The minimum atomic E-state index is -0.114. The van der Waals surface area contributed by atoms with Crippen LogP contribution in [0, 0.1) is 0 Å². The summed E-state index contributed by atoms with van der Waals surface area (Å²) in [4.78, 5) is 17.3. The van der Waals surface area contributed by atoms with Crippen LogP contribution in [0.2, 0.25) is 4.34 Å². The van der Waals surface area contributed by atoms with Crippen LogP contribution in [-0.2, 0) is 6.54 Å². The Kier molecular flexibility index (Phi) is 5.38. The first-order valence-corrected chi connectivity index (χ1v) is 7.61. The molecule has 6 heteroatoms. The molecule has 0 aliphatic rings. The molecule has 0 unspecified atom stereocenters. The highest BCUT2D eigenvalue weighted by Gasteiger charge is 2.07. The van der Waals surface area contributed by atoms with E-state index in [2.05, 4.69) is 22.5 Å². The lowest BCUT2D eigenvalue weighted by Crippen LogP contribution is -2.22. The number of thiophene rings is 1. The number of amides is 1.